The van der Waals surface area contributed by atoms with Gasteiger partial charge in [-0.05, 0) is 12.8 Å². The minimum absolute atomic E-state index is 0.0365. The lowest BCUT2D eigenvalue weighted by molar-refractivity contribution is -0.0933. The number of hydrogen-bond acceptors (Lipinski definition) is 4. The molecule has 2 rings (SSSR count). The predicted octanol–water partition coefficient (Wildman–Crippen LogP) is 0.120. The molecule has 1 fully saturated rings. The number of aromatic nitrogens is 2. The second-order valence-electron chi connectivity index (χ2n) is 5.27. The van der Waals surface area contributed by atoms with E-state index in [0.717, 1.165) is 0 Å². The number of aryl methyl sites for hydroxylation is 2. The molecule has 0 atom stereocenters. The van der Waals surface area contributed by atoms with E-state index in [4.69, 9.17) is 0 Å². The van der Waals surface area contributed by atoms with E-state index in [0.29, 0.717) is 5.82 Å². The number of imidazole rings is 1. The van der Waals surface area contributed by atoms with Crippen LogP contribution in [0.2, 0.25) is 0 Å². The van der Waals surface area contributed by atoms with E-state index in [1.807, 2.05) is 13.8 Å². The summed E-state index contributed by atoms with van der Waals surface area (Å²) in [6.45, 7) is 5.80. The van der Waals surface area contributed by atoms with Crippen molar-refractivity contribution in [3.05, 3.63) is 12.0 Å². The Kier molecular flexibility index (Phi) is 3.03. The summed E-state index contributed by atoms with van der Waals surface area (Å²) >= 11 is 0. The third-order valence-electron chi connectivity index (χ3n) is 3.67. The first kappa shape index (κ1) is 13.5. The summed E-state index contributed by atoms with van der Waals surface area (Å²) in [4.78, 5) is 4.03. The van der Waals surface area contributed by atoms with E-state index in [2.05, 4.69) is 4.98 Å². The maximum Gasteiger partial charge on any atom is 0.262 e. The zero-order valence-corrected chi connectivity index (χ0v) is 11.9. The molecular weight excluding hydrogens is 254 g/mol. The molecule has 1 aliphatic heterocycles. The van der Waals surface area contributed by atoms with Gasteiger partial charge in [0.25, 0.3) is 10.0 Å². The summed E-state index contributed by atoms with van der Waals surface area (Å²) in [5, 5.41) is 10.1. The van der Waals surface area contributed by atoms with Crippen LogP contribution in [0.5, 0.6) is 0 Å². The molecule has 0 unspecified atom stereocenters. The Morgan fingerprint density at radius 2 is 2.00 bits per heavy atom. The van der Waals surface area contributed by atoms with Crippen LogP contribution in [-0.2, 0) is 17.1 Å². The average Bonchev–Trinajstić information content (AvgIpc) is 2.54. The molecule has 1 aromatic rings. The standard InChI is InChI=1S/C11H19N3O3S/c1-8(2)11(15)6-14(7-11)18(16,17)10-5-13(4)9(3)12-10/h5,8,15H,6-7H2,1-4H3. The Bertz CT molecular complexity index is 537. The van der Waals surface area contributed by atoms with Crippen LogP contribution in [0.1, 0.15) is 19.7 Å². The van der Waals surface area contributed by atoms with Gasteiger partial charge in [-0.3, -0.25) is 0 Å². The van der Waals surface area contributed by atoms with Crippen molar-refractivity contribution in [3.8, 4) is 0 Å². The molecule has 102 valence electrons. The number of hydrogen-bond donors (Lipinski definition) is 1. The smallest absolute Gasteiger partial charge is 0.262 e. The molecule has 18 heavy (non-hydrogen) atoms. The first-order valence-corrected chi connectivity index (χ1v) is 7.33. The number of aliphatic hydroxyl groups is 1. The van der Waals surface area contributed by atoms with Gasteiger partial charge >= 0.3 is 0 Å². The molecule has 0 spiro atoms. The highest BCUT2D eigenvalue weighted by atomic mass is 32.2. The summed E-state index contributed by atoms with van der Waals surface area (Å²) in [6, 6.07) is 0. The Morgan fingerprint density at radius 1 is 1.44 bits per heavy atom. The van der Waals surface area contributed by atoms with Crippen molar-refractivity contribution < 1.29 is 13.5 Å². The van der Waals surface area contributed by atoms with Gasteiger partial charge in [0.2, 0.25) is 0 Å². The van der Waals surface area contributed by atoms with Gasteiger partial charge in [0.05, 0.1) is 5.60 Å². The number of nitrogens with zero attached hydrogens (tertiary/aromatic N) is 3. The lowest BCUT2D eigenvalue weighted by Crippen LogP contribution is -2.65. The third-order valence-corrected chi connectivity index (χ3v) is 5.33. The molecule has 1 N–H and O–H groups in total. The van der Waals surface area contributed by atoms with E-state index >= 15 is 0 Å². The quantitative estimate of drug-likeness (QED) is 0.849. The molecule has 0 amide bonds. The molecule has 2 heterocycles. The number of sulfonamides is 1. The molecular formula is C11H19N3O3S. The van der Waals surface area contributed by atoms with Gasteiger partial charge in [-0.1, -0.05) is 13.8 Å². The number of rotatable bonds is 3. The Labute approximate surface area is 107 Å². The van der Waals surface area contributed by atoms with Crippen LogP contribution in [0.4, 0.5) is 0 Å². The van der Waals surface area contributed by atoms with E-state index in [-0.39, 0.29) is 24.0 Å². The van der Waals surface area contributed by atoms with Crippen LogP contribution in [0.25, 0.3) is 0 Å². The SMILES string of the molecule is Cc1nc(S(=O)(=O)N2CC(O)(C(C)C)C2)cn1C. The minimum Gasteiger partial charge on any atom is -0.387 e. The minimum atomic E-state index is -3.57. The molecule has 0 aliphatic carbocycles. The summed E-state index contributed by atoms with van der Waals surface area (Å²) in [6.07, 6.45) is 1.50. The highest BCUT2D eigenvalue weighted by Crippen LogP contribution is 2.32. The monoisotopic (exact) mass is 273 g/mol. The van der Waals surface area contributed by atoms with Gasteiger partial charge < -0.3 is 9.67 Å². The topological polar surface area (TPSA) is 75.4 Å². The van der Waals surface area contributed by atoms with Crippen molar-refractivity contribution in [1.82, 2.24) is 13.9 Å². The first-order chi connectivity index (χ1) is 8.17. The van der Waals surface area contributed by atoms with Crippen molar-refractivity contribution in [3.63, 3.8) is 0 Å². The van der Waals surface area contributed by atoms with E-state index in [1.165, 1.54) is 10.5 Å². The summed E-state index contributed by atoms with van der Waals surface area (Å²) < 4.78 is 27.4. The van der Waals surface area contributed by atoms with Crippen molar-refractivity contribution in [2.75, 3.05) is 13.1 Å². The fourth-order valence-electron chi connectivity index (χ4n) is 1.88. The first-order valence-electron chi connectivity index (χ1n) is 5.89. The van der Waals surface area contributed by atoms with Gasteiger partial charge in [-0.2, -0.15) is 4.31 Å². The van der Waals surface area contributed by atoms with Gasteiger partial charge in [-0.15, -0.1) is 0 Å². The van der Waals surface area contributed by atoms with Crippen molar-refractivity contribution in [2.24, 2.45) is 13.0 Å². The maximum absolute atomic E-state index is 12.2. The van der Waals surface area contributed by atoms with Crippen molar-refractivity contribution in [1.29, 1.82) is 0 Å². The number of β-amino-alcohol motifs (C(OH)–C–C–N with tert-alkyl or cyclic N) is 1. The summed E-state index contributed by atoms with van der Waals surface area (Å²) in [5.74, 6) is 0.683. The second-order valence-corrected chi connectivity index (χ2v) is 7.15. The fraction of sp³-hybridized carbons (Fsp3) is 0.727. The zero-order chi connectivity index (χ0) is 13.7. The van der Waals surface area contributed by atoms with Gasteiger partial charge in [-0.25, -0.2) is 13.4 Å². The average molecular weight is 273 g/mol. The summed E-state index contributed by atoms with van der Waals surface area (Å²) in [5.41, 5.74) is -0.906. The molecule has 0 radical (unpaired) electrons. The third kappa shape index (κ3) is 1.96. The van der Waals surface area contributed by atoms with Crippen molar-refractivity contribution in [2.45, 2.75) is 31.4 Å². The normalized spacial score (nSPS) is 20.1. The largest absolute Gasteiger partial charge is 0.387 e. The molecule has 0 bridgehead atoms. The van der Waals surface area contributed by atoms with Crippen LogP contribution in [-0.4, -0.2) is 46.1 Å². The van der Waals surface area contributed by atoms with E-state index < -0.39 is 15.6 Å². The Morgan fingerprint density at radius 3 is 2.39 bits per heavy atom. The molecule has 1 aromatic heterocycles. The zero-order valence-electron chi connectivity index (χ0n) is 11.1. The van der Waals surface area contributed by atoms with E-state index in [1.54, 1.807) is 18.5 Å². The second kappa shape index (κ2) is 4.04. The molecule has 1 aliphatic rings. The molecule has 6 nitrogen and oxygen atoms in total. The van der Waals surface area contributed by atoms with Crippen LogP contribution < -0.4 is 0 Å². The van der Waals surface area contributed by atoms with Gasteiger partial charge in [0.1, 0.15) is 5.82 Å². The molecule has 1 saturated heterocycles. The Hall–Kier alpha value is -0.920. The molecule has 0 aromatic carbocycles. The molecule has 0 saturated carbocycles. The van der Waals surface area contributed by atoms with Crippen LogP contribution in [0.15, 0.2) is 11.2 Å². The van der Waals surface area contributed by atoms with E-state index in [9.17, 15) is 13.5 Å². The highest BCUT2D eigenvalue weighted by molar-refractivity contribution is 7.89. The van der Waals surface area contributed by atoms with Crippen LogP contribution >= 0.6 is 0 Å². The summed E-state index contributed by atoms with van der Waals surface area (Å²) in [7, 11) is -1.82. The fourth-order valence-corrected chi connectivity index (χ4v) is 3.47. The lowest BCUT2D eigenvalue weighted by Gasteiger charge is -2.47. The van der Waals surface area contributed by atoms with Gasteiger partial charge in [0.15, 0.2) is 5.03 Å². The van der Waals surface area contributed by atoms with Crippen LogP contribution in [0.3, 0.4) is 0 Å². The Balaban J connectivity index is 2.20. The molecule has 7 heteroatoms. The van der Waals surface area contributed by atoms with Crippen molar-refractivity contribution >= 4 is 10.0 Å². The predicted molar refractivity (Wildman–Crippen MR) is 66.5 cm³/mol. The van der Waals surface area contributed by atoms with Gasteiger partial charge in [0, 0.05) is 26.3 Å². The maximum atomic E-state index is 12.2. The lowest BCUT2D eigenvalue weighted by atomic mass is 9.85. The highest BCUT2D eigenvalue weighted by Gasteiger charge is 2.49. The van der Waals surface area contributed by atoms with Crippen LogP contribution in [0, 0.1) is 12.8 Å².